The maximum Gasteiger partial charge on any atom is 0.312 e. The van der Waals surface area contributed by atoms with E-state index in [4.69, 9.17) is 4.74 Å². The summed E-state index contributed by atoms with van der Waals surface area (Å²) < 4.78 is 5.48. The van der Waals surface area contributed by atoms with E-state index in [2.05, 4.69) is 39.5 Å². The molecule has 0 unspecified atom stereocenters. The highest BCUT2D eigenvalue weighted by Gasteiger charge is 2.47. The highest BCUT2D eigenvalue weighted by Crippen LogP contribution is 2.47. The van der Waals surface area contributed by atoms with Crippen molar-refractivity contribution in [2.45, 2.75) is 86.1 Å². The van der Waals surface area contributed by atoms with Crippen molar-refractivity contribution < 1.29 is 9.53 Å². The summed E-state index contributed by atoms with van der Waals surface area (Å²) >= 11 is 0. The third-order valence-electron chi connectivity index (χ3n) is 6.47. The maximum absolute atomic E-state index is 12.7. The molecule has 1 aliphatic rings. The molecule has 0 spiro atoms. The van der Waals surface area contributed by atoms with Crippen LogP contribution in [-0.4, -0.2) is 36.6 Å². The lowest BCUT2D eigenvalue weighted by molar-refractivity contribution is -0.162. The molecule has 0 radical (unpaired) electrons. The maximum atomic E-state index is 12.7. The summed E-state index contributed by atoms with van der Waals surface area (Å²) in [6, 6.07) is 0.694. The van der Waals surface area contributed by atoms with E-state index in [0.717, 1.165) is 32.4 Å². The van der Waals surface area contributed by atoms with Crippen LogP contribution in [0, 0.1) is 17.3 Å². The first-order valence-electron chi connectivity index (χ1n) is 9.95. The highest BCUT2D eigenvalue weighted by atomic mass is 16.5. The normalized spacial score (nSPS) is 25.6. The third-order valence-corrected chi connectivity index (χ3v) is 6.47. The first kappa shape index (κ1) is 20.5. The van der Waals surface area contributed by atoms with Crippen LogP contribution >= 0.6 is 0 Å². The van der Waals surface area contributed by atoms with Crippen LogP contribution in [0.2, 0.25) is 0 Å². The van der Waals surface area contributed by atoms with E-state index in [9.17, 15) is 4.79 Å². The van der Waals surface area contributed by atoms with Gasteiger partial charge in [0.2, 0.25) is 0 Å². The number of esters is 1. The van der Waals surface area contributed by atoms with Crippen molar-refractivity contribution in [2.24, 2.45) is 17.3 Å². The molecule has 0 saturated heterocycles. The molecule has 0 aromatic carbocycles. The summed E-state index contributed by atoms with van der Waals surface area (Å²) in [6.45, 7) is 15.8. The number of hydrogen-bond donors (Lipinski definition) is 0. The number of carbonyl (C=O) groups excluding carboxylic acids is 1. The lowest BCUT2D eigenvalue weighted by Crippen LogP contribution is -2.48. The summed E-state index contributed by atoms with van der Waals surface area (Å²) in [5.41, 5.74) is -0.266. The zero-order valence-corrected chi connectivity index (χ0v) is 16.4. The van der Waals surface area contributed by atoms with Crippen molar-refractivity contribution in [3.05, 3.63) is 0 Å². The quantitative estimate of drug-likeness (QED) is 0.565. The van der Waals surface area contributed by atoms with E-state index in [1.165, 1.54) is 19.3 Å². The van der Waals surface area contributed by atoms with Crippen LogP contribution in [0.25, 0.3) is 0 Å². The van der Waals surface area contributed by atoms with Gasteiger partial charge in [0.1, 0.15) is 0 Å². The molecule has 0 aliphatic heterocycles. The van der Waals surface area contributed by atoms with Crippen molar-refractivity contribution in [1.29, 1.82) is 0 Å². The van der Waals surface area contributed by atoms with Crippen molar-refractivity contribution in [1.82, 2.24) is 4.90 Å². The topological polar surface area (TPSA) is 29.5 Å². The molecule has 0 heterocycles. The molecule has 23 heavy (non-hydrogen) atoms. The van der Waals surface area contributed by atoms with Gasteiger partial charge in [0.05, 0.1) is 12.0 Å². The van der Waals surface area contributed by atoms with E-state index in [0.29, 0.717) is 24.5 Å². The minimum Gasteiger partial charge on any atom is -0.466 e. The fourth-order valence-electron chi connectivity index (χ4n) is 4.92. The molecule has 136 valence electrons. The van der Waals surface area contributed by atoms with Gasteiger partial charge in [0.25, 0.3) is 0 Å². The third kappa shape index (κ3) is 4.29. The van der Waals surface area contributed by atoms with E-state index < -0.39 is 0 Å². The lowest BCUT2D eigenvalue weighted by atomic mass is 9.62. The molecule has 0 amide bonds. The molecule has 3 nitrogen and oxygen atoms in total. The molecule has 1 fully saturated rings. The molecule has 0 N–H and O–H groups in total. The first-order valence-corrected chi connectivity index (χ1v) is 9.95. The molecular weight excluding hydrogens is 286 g/mol. The SMILES string of the molecule is CCOC(=O)C(CC)(CC)[C@@H]1CC[C@@H](N(CC)CC)[C@H](CC)C1. The summed E-state index contributed by atoms with van der Waals surface area (Å²) in [7, 11) is 0. The highest BCUT2D eigenvalue weighted by molar-refractivity contribution is 5.77. The fraction of sp³-hybridized carbons (Fsp3) is 0.950. The molecule has 3 atom stereocenters. The van der Waals surface area contributed by atoms with Crippen LogP contribution in [-0.2, 0) is 9.53 Å². The number of carbonyl (C=O) groups is 1. The monoisotopic (exact) mass is 325 g/mol. The predicted octanol–water partition coefficient (Wildman–Crippen LogP) is 4.89. The average molecular weight is 326 g/mol. The van der Waals surface area contributed by atoms with Gasteiger partial charge in [0.15, 0.2) is 0 Å². The van der Waals surface area contributed by atoms with Crippen molar-refractivity contribution in [3.8, 4) is 0 Å². The second-order valence-corrected chi connectivity index (χ2v) is 7.05. The Morgan fingerprint density at radius 1 is 1.04 bits per heavy atom. The van der Waals surface area contributed by atoms with Gasteiger partial charge in [0, 0.05) is 6.04 Å². The zero-order chi connectivity index (χ0) is 17.5. The minimum atomic E-state index is -0.266. The lowest BCUT2D eigenvalue weighted by Gasteiger charge is -2.47. The van der Waals surface area contributed by atoms with Crippen LogP contribution in [0.3, 0.4) is 0 Å². The summed E-state index contributed by atoms with van der Waals surface area (Å²) in [5.74, 6) is 1.24. The zero-order valence-electron chi connectivity index (χ0n) is 16.4. The van der Waals surface area contributed by atoms with Gasteiger partial charge in [-0.1, -0.05) is 41.0 Å². The second kappa shape index (κ2) is 9.66. The van der Waals surface area contributed by atoms with E-state index in [-0.39, 0.29) is 11.4 Å². The average Bonchev–Trinajstić information content (AvgIpc) is 2.58. The molecule has 1 rings (SSSR count). The summed E-state index contributed by atoms with van der Waals surface area (Å²) in [4.78, 5) is 15.3. The summed E-state index contributed by atoms with van der Waals surface area (Å²) in [6.07, 6.45) is 6.59. The Morgan fingerprint density at radius 3 is 2.09 bits per heavy atom. The van der Waals surface area contributed by atoms with Gasteiger partial charge in [-0.25, -0.2) is 0 Å². The Kier molecular flexibility index (Phi) is 8.60. The standard InChI is InChI=1S/C20H39NO2/c1-7-16-15-17(13-14-18(16)21(10-4)11-5)20(8-2,9-3)19(22)23-12-6/h16-18H,7-15H2,1-6H3/t16-,17-,18-/m1/s1. The molecular formula is C20H39NO2. The number of rotatable bonds is 9. The van der Waals surface area contributed by atoms with Gasteiger partial charge in [-0.15, -0.1) is 0 Å². The van der Waals surface area contributed by atoms with E-state index >= 15 is 0 Å². The smallest absolute Gasteiger partial charge is 0.312 e. The van der Waals surface area contributed by atoms with E-state index in [1.807, 2.05) is 6.92 Å². The molecule has 0 aromatic rings. The Morgan fingerprint density at radius 2 is 1.65 bits per heavy atom. The molecule has 0 aromatic heterocycles. The predicted molar refractivity (Wildman–Crippen MR) is 97.5 cm³/mol. The van der Waals surface area contributed by atoms with Crippen LogP contribution in [0.15, 0.2) is 0 Å². The Hall–Kier alpha value is -0.570. The van der Waals surface area contributed by atoms with Gasteiger partial charge < -0.3 is 9.64 Å². The molecule has 1 saturated carbocycles. The van der Waals surface area contributed by atoms with Crippen LogP contribution in [0.1, 0.15) is 80.1 Å². The fourth-order valence-corrected chi connectivity index (χ4v) is 4.92. The Balaban J connectivity index is 2.95. The summed E-state index contributed by atoms with van der Waals surface area (Å²) in [5, 5.41) is 0. The second-order valence-electron chi connectivity index (χ2n) is 7.05. The number of nitrogens with zero attached hydrogens (tertiary/aromatic N) is 1. The Bertz CT molecular complexity index is 348. The molecule has 0 bridgehead atoms. The van der Waals surface area contributed by atoms with Crippen molar-refractivity contribution in [3.63, 3.8) is 0 Å². The van der Waals surface area contributed by atoms with Gasteiger partial charge >= 0.3 is 5.97 Å². The van der Waals surface area contributed by atoms with Gasteiger partial charge in [-0.3, -0.25) is 4.79 Å². The first-order chi connectivity index (χ1) is 11.0. The molecule has 1 aliphatic carbocycles. The Labute approximate surface area is 144 Å². The largest absolute Gasteiger partial charge is 0.466 e. The molecule has 3 heteroatoms. The van der Waals surface area contributed by atoms with Gasteiger partial charge in [-0.05, 0) is 64.0 Å². The number of hydrogen-bond acceptors (Lipinski definition) is 3. The van der Waals surface area contributed by atoms with Crippen LogP contribution in [0.4, 0.5) is 0 Å². The number of ether oxygens (including phenoxy) is 1. The van der Waals surface area contributed by atoms with Gasteiger partial charge in [-0.2, -0.15) is 0 Å². The van der Waals surface area contributed by atoms with Crippen LogP contribution in [0.5, 0.6) is 0 Å². The minimum absolute atomic E-state index is 0.0474. The van der Waals surface area contributed by atoms with Crippen LogP contribution < -0.4 is 0 Å². The van der Waals surface area contributed by atoms with Crippen molar-refractivity contribution in [2.75, 3.05) is 19.7 Å². The van der Waals surface area contributed by atoms with E-state index in [1.54, 1.807) is 0 Å². The van der Waals surface area contributed by atoms with Crippen molar-refractivity contribution >= 4 is 5.97 Å².